The Bertz CT molecular complexity index is 1070. The molecule has 0 spiro atoms. The number of anilines is 1. The summed E-state index contributed by atoms with van der Waals surface area (Å²) in [4.78, 5) is 41.6. The van der Waals surface area contributed by atoms with Crippen LogP contribution >= 0.6 is 27.3 Å². The minimum atomic E-state index is -0.698. The maximum Gasteiger partial charge on any atom is 0.324 e. The second kappa shape index (κ2) is 11.7. The van der Waals surface area contributed by atoms with Crippen LogP contribution in [0.1, 0.15) is 57.8 Å². The van der Waals surface area contributed by atoms with E-state index in [0.717, 1.165) is 6.42 Å². The molecular weight excluding hydrogens is 508 g/mol. The molecule has 2 aromatic rings. The number of amides is 2. The van der Waals surface area contributed by atoms with Gasteiger partial charge in [-0.15, -0.1) is 11.3 Å². The summed E-state index contributed by atoms with van der Waals surface area (Å²) in [6, 6.07) is 4.18. The normalized spacial score (nSPS) is 14.0. The number of carbonyl (C=O) groups excluding carboxylic acids is 3. The lowest BCUT2D eigenvalue weighted by Gasteiger charge is -2.17. The highest BCUT2D eigenvalue weighted by atomic mass is 79.9. The van der Waals surface area contributed by atoms with Crippen LogP contribution in [-0.2, 0) is 21.1 Å². The number of rotatable bonds is 8. The predicted molar refractivity (Wildman–Crippen MR) is 133 cm³/mol. The number of ether oxygens (including phenoxy) is 1. The zero-order valence-corrected chi connectivity index (χ0v) is 22.0. The van der Waals surface area contributed by atoms with Gasteiger partial charge in [0.25, 0.3) is 5.91 Å². The van der Waals surface area contributed by atoms with Gasteiger partial charge in [0.2, 0.25) is 5.91 Å². The number of nitrogens with one attached hydrogen (secondary N) is 1. The molecule has 0 radical (unpaired) electrons. The molecule has 0 aliphatic rings. The van der Waals surface area contributed by atoms with E-state index in [9.17, 15) is 14.4 Å². The van der Waals surface area contributed by atoms with Crippen molar-refractivity contribution >= 4 is 50.7 Å². The summed E-state index contributed by atoms with van der Waals surface area (Å²) in [6.07, 6.45) is 2.83. The fraction of sp³-hybridized carbons (Fsp3) is 0.478. The lowest BCUT2D eigenvalue weighted by atomic mass is 9.92. The van der Waals surface area contributed by atoms with Gasteiger partial charge in [-0.3, -0.25) is 19.0 Å². The highest BCUT2D eigenvalue weighted by molar-refractivity contribution is 9.10. The van der Waals surface area contributed by atoms with Crippen LogP contribution in [0.4, 0.5) is 5.69 Å². The number of halogens is 1. The number of nitrogens with zero attached hydrogens (tertiary/aromatic N) is 2. The summed E-state index contributed by atoms with van der Waals surface area (Å²) < 4.78 is 7.44. The Balaban J connectivity index is 2.10. The molecule has 0 aliphatic carbocycles. The highest BCUT2D eigenvalue weighted by Gasteiger charge is 2.21. The molecule has 2 unspecified atom stereocenters. The third kappa shape index (κ3) is 8.21. The Morgan fingerprint density at radius 2 is 2.00 bits per heavy atom. The van der Waals surface area contributed by atoms with Gasteiger partial charge >= 0.3 is 5.97 Å². The van der Waals surface area contributed by atoms with Crippen LogP contribution in [0.3, 0.4) is 0 Å². The van der Waals surface area contributed by atoms with Crippen molar-refractivity contribution in [1.82, 2.24) is 4.57 Å². The van der Waals surface area contributed by atoms with E-state index >= 15 is 0 Å². The van der Waals surface area contributed by atoms with Crippen LogP contribution in [0.5, 0.6) is 0 Å². The van der Waals surface area contributed by atoms with Gasteiger partial charge in [-0.1, -0.05) is 41.0 Å². The van der Waals surface area contributed by atoms with E-state index in [1.54, 1.807) is 34.3 Å². The highest BCUT2D eigenvalue weighted by Crippen LogP contribution is 2.26. The number of hydrogen-bond donors (Lipinski definition) is 2. The topological polar surface area (TPSA) is 116 Å². The third-order valence-electron chi connectivity index (χ3n) is 4.91. The Hall–Kier alpha value is -2.30. The van der Waals surface area contributed by atoms with Gasteiger partial charge in [0.15, 0.2) is 11.5 Å². The van der Waals surface area contributed by atoms with Crippen molar-refractivity contribution in [2.75, 3.05) is 5.32 Å². The molecule has 8 nitrogen and oxygen atoms in total. The van der Waals surface area contributed by atoms with Crippen molar-refractivity contribution in [1.29, 1.82) is 0 Å². The largest absolute Gasteiger partial charge is 0.443 e. The van der Waals surface area contributed by atoms with Gasteiger partial charge in [0.1, 0.15) is 6.04 Å². The second-order valence-electron chi connectivity index (χ2n) is 9.06. The third-order valence-corrected chi connectivity index (χ3v) is 6.36. The molecule has 2 atom stereocenters. The second-order valence-corrected chi connectivity index (χ2v) is 10.8. The summed E-state index contributed by atoms with van der Waals surface area (Å²) in [5, 5.41) is 4.60. The fourth-order valence-corrected chi connectivity index (χ4v) is 3.97. The first-order chi connectivity index (χ1) is 15.4. The first kappa shape index (κ1) is 26.9. The predicted octanol–water partition coefficient (Wildman–Crippen LogP) is 4.30. The molecule has 0 bridgehead atoms. The van der Waals surface area contributed by atoms with Crippen molar-refractivity contribution in [3.8, 4) is 0 Å². The van der Waals surface area contributed by atoms with E-state index in [1.165, 1.54) is 11.3 Å². The Morgan fingerprint density at radius 3 is 2.61 bits per heavy atom. The number of esters is 1. The van der Waals surface area contributed by atoms with E-state index in [1.807, 2.05) is 34.6 Å². The number of nitrogens with two attached hydrogens (primary N) is 1. The monoisotopic (exact) mass is 538 g/mol. The zero-order chi connectivity index (χ0) is 24.8. The van der Waals surface area contributed by atoms with Crippen molar-refractivity contribution in [2.24, 2.45) is 22.1 Å². The molecule has 1 aromatic heterocycles. The molecule has 0 saturated heterocycles. The minimum Gasteiger partial charge on any atom is -0.443 e. The molecule has 33 heavy (non-hydrogen) atoms. The van der Waals surface area contributed by atoms with E-state index in [4.69, 9.17) is 10.5 Å². The van der Waals surface area contributed by atoms with Crippen LogP contribution in [0, 0.1) is 11.3 Å². The molecule has 2 rings (SSSR count). The molecule has 0 fully saturated rings. The van der Waals surface area contributed by atoms with Crippen LogP contribution in [0.2, 0.25) is 0 Å². The molecule has 3 N–H and O–H groups in total. The Labute approximate surface area is 206 Å². The fourth-order valence-electron chi connectivity index (χ4n) is 2.78. The van der Waals surface area contributed by atoms with Gasteiger partial charge in [0, 0.05) is 28.0 Å². The SMILES string of the molecule is CCC(C)C(N)C(=O)OCn1ccsc1=NC(=O)c1ccc(NC(=O)CC(C)(C)C)c(Br)c1. The van der Waals surface area contributed by atoms with Crippen LogP contribution in [-0.4, -0.2) is 28.4 Å². The first-order valence-electron chi connectivity index (χ1n) is 10.7. The standard InChI is InChI=1S/C23H31BrN4O4S/c1-6-14(2)19(25)21(31)32-13-28-9-10-33-22(28)27-20(30)15-7-8-17(16(24)11-15)26-18(29)12-23(3,4)5/h7-11,14,19H,6,12-13,25H2,1-5H3,(H,26,29). The average molecular weight is 539 g/mol. The summed E-state index contributed by atoms with van der Waals surface area (Å²) in [5.74, 6) is -1.04. The van der Waals surface area contributed by atoms with Crippen molar-refractivity contribution in [3.05, 3.63) is 44.6 Å². The lowest BCUT2D eigenvalue weighted by molar-refractivity contribution is -0.150. The molecule has 1 aromatic carbocycles. The molecule has 180 valence electrons. The summed E-state index contributed by atoms with van der Waals surface area (Å²) in [5.41, 5.74) is 6.71. The van der Waals surface area contributed by atoms with Crippen LogP contribution in [0.15, 0.2) is 39.2 Å². The molecular formula is C23H31BrN4O4S. The van der Waals surface area contributed by atoms with Crippen LogP contribution in [0.25, 0.3) is 0 Å². The maximum atomic E-state index is 12.7. The van der Waals surface area contributed by atoms with Gasteiger partial charge in [-0.25, -0.2) is 0 Å². The van der Waals surface area contributed by atoms with Crippen LogP contribution < -0.4 is 15.9 Å². The molecule has 10 heteroatoms. The molecule has 1 heterocycles. The Kier molecular flexibility index (Phi) is 9.57. The van der Waals surface area contributed by atoms with Gasteiger partial charge in [-0.05, 0) is 45.5 Å². The van der Waals surface area contributed by atoms with Crippen molar-refractivity contribution in [3.63, 3.8) is 0 Å². The molecule has 2 amide bonds. The van der Waals surface area contributed by atoms with E-state index in [-0.39, 0.29) is 24.0 Å². The minimum absolute atomic E-state index is 0.00961. The summed E-state index contributed by atoms with van der Waals surface area (Å²) in [6.45, 7) is 9.73. The number of benzene rings is 1. The lowest BCUT2D eigenvalue weighted by Crippen LogP contribution is -2.38. The van der Waals surface area contributed by atoms with Crippen molar-refractivity contribution < 1.29 is 19.1 Å². The Morgan fingerprint density at radius 1 is 1.30 bits per heavy atom. The van der Waals surface area contributed by atoms with E-state index in [2.05, 4.69) is 26.2 Å². The number of thiazole rings is 1. The van der Waals surface area contributed by atoms with Gasteiger partial charge in [0.05, 0.1) is 5.69 Å². The summed E-state index contributed by atoms with van der Waals surface area (Å²) in [7, 11) is 0. The average Bonchev–Trinajstić information content (AvgIpc) is 3.17. The molecule has 0 saturated carbocycles. The van der Waals surface area contributed by atoms with Gasteiger partial charge < -0.3 is 15.8 Å². The number of hydrogen-bond acceptors (Lipinski definition) is 6. The van der Waals surface area contributed by atoms with Crippen molar-refractivity contribution in [2.45, 2.75) is 60.2 Å². The van der Waals surface area contributed by atoms with E-state index < -0.39 is 17.9 Å². The van der Waals surface area contributed by atoms with E-state index in [0.29, 0.717) is 26.9 Å². The smallest absolute Gasteiger partial charge is 0.324 e. The van der Waals surface area contributed by atoms with Gasteiger partial charge in [-0.2, -0.15) is 4.99 Å². The zero-order valence-electron chi connectivity index (χ0n) is 19.6. The molecule has 0 aliphatic heterocycles. The summed E-state index contributed by atoms with van der Waals surface area (Å²) >= 11 is 4.66. The quantitative estimate of drug-likeness (QED) is 0.486. The number of aromatic nitrogens is 1. The first-order valence-corrected chi connectivity index (χ1v) is 12.3. The maximum absolute atomic E-state index is 12.7. The number of carbonyl (C=O) groups is 3.